The lowest BCUT2D eigenvalue weighted by molar-refractivity contribution is 0.0999. The Morgan fingerprint density at radius 1 is 1.44 bits per heavy atom. The van der Waals surface area contributed by atoms with Crippen LogP contribution in [0.4, 0.5) is 0 Å². The average molecular weight is 284 g/mol. The lowest BCUT2D eigenvalue weighted by Gasteiger charge is -2.37. The van der Waals surface area contributed by atoms with Gasteiger partial charge in [0, 0.05) is 49.1 Å². The molecule has 0 saturated carbocycles. The molecule has 0 amide bonds. The van der Waals surface area contributed by atoms with Crippen molar-refractivity contribution in [2.75, 3.05) is 26.7 Å². The predicted octanol–water partition coefficient (Wildman–Crippen LogP) is 1.98. The normalized spacial score (nSPS) is 23.6. The van der Waals surface area contributed by atoms with Crippen LogP contribution in [-0.4, -0.2) is 47.5 Å². The van der Waals surface area contributed by atoms with Gasteiger partial charge in [0.1, 0.15) is 0 Å². The number of halogens is 1. The van der Waals surface area contributed by atoms with Gasteiger partial charge < -0.3 is 4.90 Å². The molecule has 3 nitrogen and oxygen atoms in total. The zero-order chi connectivity index (χ0) is 11.5. The minimum absolute atomic E-state index is 0.647. The predicted molar refractivity (Wildman–Crippen MR) is 69.3 cm³/mol. The van der Waals surface area contributed by atoms with Gasteiger partial charge in [-0.15, -0.1) is 0 Å². The van der Waals surface area contributed by atoms with E-state index in [0.29, 0.717) is 6.04 Å². The Morgan fingerprint density at radius 3 is 2.94 bits per heavy atom. The van der Waals surface area contributed by atoms with Gasteiger partial charge in [0.2, 0.25) is 0 Å². The highest BCUT2D eigenvalue weighted by Gasteiger charge is 2.20. The van der Waals surface area contributed by atoms with Gasteiger partial charge in [-0.25, -0.2) is 0 Å². The molecule has 2 rings (SSSR count). The molecule has 0 bridgehead atoms. The number of rotatable bonds is 2. The third-order valence-corrected chi connectivity index (χ3v) is 3.65. The summed E-state index contributed by atoms with van der Waals surface area (Å²) in [6.45, 7) is 6.73. The highest BCUT2D eigenvalue weighted by atomic mass is 79.9. The van der Waals surface area contributed by atoms with E-state index in [1.54, 1.807) is 0 Å². The summed E-state index contributed by atoms with van der Waals surface area (Å²) in [5, 5.41) is 0. The van der Waals surface area contributed by atoms with E-state index in [-0.39, 0.29) is 0 Å². The topological polar surface area (TPSA) is 19.4 Å². The van der Waals surface area contributed by atoms with Gasteiger partial charge in [0.05, 0.1) is 0 Å². The lowest BCUT2D eigenvalue weighted by atomic mass is 10.2. The quantitative estimate of drug-likeness (QED) is 0.828. The van der Waals surface area contributed by atoms with Crippen LogP contribution in [0.5, 0.6) is 0 Å². The zero-order valence-electron chi connectivity index (χ0n) is 9.86. The van der Waals surface area contributed by atoms with Crippen molar-refractivity contribution in [2.24, 2.45) is 0 Å². The fourth-order valence-corrected chi connectivity index (χ4v) is 2.48. The molecule has 0 aromatic carbocycles. The fraction of sp³-hybridized carbons (Fsp3) is 0.583. The molecule has 1 aromatic rings. The first-order valence-corrected chi connectivity index (χ1v) is 6.46. The SMILES string of the molecule is CC1CN(Cc2cncc(Br)c2)CCN1C. The molecule has 1 atom stereocenters. The fourth-order valence-electron chi connectivity index (χ4n) is 2.07. The van der Waals surface area contributed by atoms with Crippen molar-refractivity contribution >= 4 is 15.9 Å². The standard InChI is InChI=1S/C12H18BrN3/c1-10-8-16(4-3-15(10)2)9-11-5-12(13)7-14-6-11/h5-7,10H,3-4,8-9H2,1-2H3. The number of pyridine rings is 1. The molecule has 0 N–H and O–H groups in total. The average Bonchev–Trinajstić information content (AvgIpc) is 2.24. The summed E-state index contributed by atoms with van der Waals surface area (Å²) in [6.07, 6.45) is 3.78. The molecule has 16 heavy (non-hydrogen) atoms. The molecule has 1 aliphatic rings. The maximum absolute atomic E-state index is 4.20. The van der Waals surface area contributed by atoms with Gasteiger partial charge in [-0.2, -0.15) is 0 Å². The van der Waals surface area contributed by atoms with Gasteiger partial charge in [0.15, 0.2) is 0 Å². The Hall–Kier alpha value is -0.450. The number of piperazine rings is 1. The number of hydrogen-bond donors (Lipinski definition) is 0. The Labute approximate surface area is 106 Å². The minimum atomic E-state index is 0.647. The molecule has 4 heteroatoms. The molecule has 1 saturated heterocycles. The minimum Gasteiger partial charge on any atom is -0.301 e. The van der Waals surface area contributed by atoms with Crippen molar-refractivity contribution in [3.63, 3.8) is 0 Å². The monoisotopic (exact) mass is 283 g/mol. The van der Waals surface area contributed by atoms with Crippen LogP contribution in [0, 0.1) is 0 Å². The molecule has 1 fully saturated rings. The van der Waals surface area contributed by atoms with Crippen molar-refractivity contribution in [3.05, 3.63) is 28.5 Å². The van der Waals surface area contributed by atoms with E-state index < -0.39 is 0 Å². The van der Waals surface area contributed by atoms with Crippen molar-refractivity contribution in [2.45, 2.75) is 19.5 Å². The Morgan fingerprint density at radius 2 is 2.25 bits per heavy atom. The van der Waals surface area contributed by atoms with Crippen LogP contribution >= 0.6 is 15.9 Å². The van der Waals surface area contributed by atoms with Crippen LogP contribution in [0.15, 0.2) is 22.9 Å². The van der Waals surface area contributed by atoms with E-state index >= 15 is 0 Å². The maximum Gasteiger partial charge on any atom is 0.0410 e. The molecule has 1 aromatic heterocycles. The van der Waals surface area contributed by atoms with E-state index in [9.17, 15) is 0 Å². The number of aromatic nitrogens is 1. The van der Waals surface area contributed by atoms with E-state index in [1.165, 1.54) is 5.56 Å². The summed E-state index contributed by atoms with van der Waals surface area (Å²) in [7, 11) is 2.20. The molecular weight excluding hydrogens is 266 g/mol. The van der Waals surface area contributed by atoms with Crippen LogP contribution in [0.2, 0.25) is 0 Å². The first-order valence-electron chi connectivity index (χ1n) is 5.67. The summed E-state index contributed by atoms with van der Waals surface area (Å²) >= 11 is 3.46. The highest BCUT2D eigenvalue weighted by Crippen LogP contribution is 2.14. The van der Waals surface area contributed by atoms with Crippen molar-refractivity contribution in [1.29, 1.82) is 0 Å². The van der Waals surface area contributed by atoms with Crippen LogP contribution in [0.25, 0.3) is 0 Å². The number of likely N-dealkylation sites (N-methyl/N-ethyl adjacent to an activating group) is 1. The van der Waals surface area contributed by atoms with Gasteiger partial charge in [-0.1, -0.05) is 0 Å². The summed E-state index contributed by atoms with van der Waals surface area (Å²) in [6, 6.07) is 2.80. The van der Waals surface area contributed by atoms with Gasteiger partial charge in [-0.3, -0.25) is 9.88 Å². The van der Waals surface area contributed by atoms with Crippen LogP contribution < -0.4 is 0 Å². The summed E-state index contributed by atoms with van der Waals surface area (Å²) in [5.74, 6) is 0. The Bertz CT molecular complexity index is 356. The second kappa shape index (κ2) is 5.25. The Kier molecular flexibility index (Phi) is 3.95. The van der Waals surface area contributed by atoms with Crippen LogP contribution in [0.3, 0.4) is 0 Å². The summed E-state index contributed by atoms with van der Waals surface area (Å²) in [4.78, 5) is 9.11. The lowest BCUT2D eigenvalue weighted by Crippen LogP contribution is -2.49. The third kappa shape index (κ3) is 3.03. The summed E-state index contributed by atoms with van der Waals surface area (Å²) in [5.41, 5.74) is 1.28. The molecule has 0 radical (unpaired) electrons. The van der Waals surface area contributed by atoms with Crippen LogP contribution in [-0.2, 0) is 6.54 Å². The molecular formula is C12H18BrN3. The highest BCUT2D eigenvalue weighted by molar-refractivity contribution is 9.10. The van der Waals surface area contributed by atoms with Crippen molar-refractivity contribution in [1.82, 2.24) is 14.8 Å². The first-order chi connectivity index (χ1) is 7.65. The van der Waals surface area contributed by atoms with E-state index in [4.69, 9.17) is 0 Å². The number of hydrogen-bond acceptors (Lipinski definition) is 3. The second-order valence-electron chi connectivity index (χ2n) is 4.58. The van der Waals surface area contributed by atoms with Gasteiger partial charge in [-0.05, 0) is 41.5 Å². The molecule has 1 unspecified atom stereocenters. The third-order valence-electron chi connectivity index (χ3n) is 3.21. The van der Waals surface area contributed by atoms with E-state index in [2.05, 4.69) is 50.8 Å². The smallest absolute Gasteiger partial charge is 0.0410 e. The number of nitrogens with zero attached hydrogens (tertiary/aromatic N) is 3. The molecule has 1 aliphatic heterocycles. The zero-order valence-corrected chi connectivity index (χ0v) is 11.4. The molecule has 0 aliphatic carbocycles. The Balaban J connectivity index is 1.95. The van der Waals surface area contributed by atoms with Gasteiger partial charge >= 0.3 is 0 Å². The van der Waals surface area contributed by atoms with E-state index in [0.717, 1.165) is 30.7 Å². The molecule has 88 valence electrons. The largest absolute Gasteiger partial charge is 0.301 e. The second-order valence-corrected chi connectivity index (χ2v) is 5.49. The molecule has 0 spiro atoms. The van der Waals surface area contributed by atoms with Crippen molar-refractivity contribution in [3.8, 4) is 0 Å². The maximum atomic E-state index is 4.20. The van der Waals surface area contributed by atoms with Crippen LogP contribution in [0.1, 0.15) is 12.5 Å². The van der Waals surface area contributed by atoms with Gasteiger partial charge in [0.25, 0.3) is 0 Å². The molecule has 2 heterocycles. The first kappa shape index (κ1) is 12.0. The van der Waals surface area contributed by atoms with Crippen molar-refractivity contribution < 1.29 is 0 Å². The summed E-state index contributed by atoms with van der Waals surface area (Å²) < 4.78 is 1.06. The van der Waals surface area contributed by atoms with E-state index in [1.807, 2.05) is 12.4 Å².